The Labute approximate surface area is 167 Å². The molecule has 3 heterocycles. The van der Waals surface area contributed by atoms with Gasteiger partial charge in [-0.05, 0) is 31.6 Å². The Morgan fingerprint density at radius 3 is 2.57 bits per heavy atom. The molecule has 4 fully saturated rings. The van der Waals surface area contributed by atoms with Gasteiger partial charge in [0.05, 0.1) is 19.4 Å². The van der Waals surface area contributed by atoms with Crippen molar-refractivity contribution in [2.75, 3.05) is 39.4 Å². The third kappa shape index (κ3) is 4.36. The van der Waals surface area contributed by atoms with E-state index < -0.39 is 6.17 Å². The number of ether oxygens (including phenoxy) is 1. The van der Waals surface area contributed by atoms with Gasteiger partial charge in [-0.25, -0.2) is 4.39 Å². The molecule has 0 aromatic rings. The van der Waals surface area contributed by atoms with E-state index >= 15 is 4.39 Å². The number of piperidine rings is 1. The largest absolute Gasteiger partial charge is 0.379 e. The maximum atomic E-state index is 15.4. The Morgan fingerprint density at radius 1 is 1.11 bits per heavy atom. The van der Waals surface area contributed by atoms with Crippen LogP contribution < -0.4 is 10.8 Å². The van der Waals surface area contributed by atoms with Gasteiger partial charge in [0, 0.05) is 44.6 Å². The first-order chi connectivity index (χ1) is 13.7. The van der Waals surface area contributed by atoms with Gasteiger partial charge in [-0.3, -0.25) is 19.8 Å². The first-order valence-corrected chi connectivity index (χ1v) is 11.1. The number of carbonyl (C=O) groups is 1. The number of nitrogens with zero attached hydrogens (tertiary/aromatic N) is 2. The van der Waals surface area contributed by atoms with Gasteiger partial charge >= 0.3 is 0 Å². The zero-order valence-corrected chi connectivity index (χ0v) is 16.9. The minimum absolute atomic E-state index is 0.0182. The number of halogens is 1. The number of carbonyl (C=O) groups excluding carboxylic acids is 1. The smallest absolute Gasteiger partial charge is 0.222 e. The molecule has 7 nitrogen and oxygen atoms in total. The van der Waals surface area contributed by atoms with Crippen LogP contribution in [0, 0.1) is 11.8 Å². The molecule has 1 aliphatic carbocycles. The summed E-state index contributed by atoms with van der Waals surface area (Å²) in [5, 5.41) is 3.52. The molecule has 5 atom stereocenters. The highest BCUT2D eigenvalue weighted by Gasteiger charge is 2.45. The maximum Gasteiger partial charge on any atom is 0.222 e. The van der Waals surface area contributed by atoms with Crippen molar-refractivity contribution in [3.05, 3.63) is 0 Å². The minimum Gasteiger partial charge on any atom is -0.379 e. The van der Waals surface area contributed by atoms with Crippen LogP contribution in [-0.2, 0) is 14.4 Å². The first kappa shape index (κ1) is 20.5. The number of hydroxylamine groups is 1. The average Bonchev–Trinajstić information content (AvgIpc) is 3.24. The Morgan fingerprint density at radius 2 is 1.86 bits per heavy atom. The molecule has 5 unspecified atom stereocenters. The van der Waals surface area contributed by atoms with Crippen LogP contribution in [0.5, 0.6) is 0 Å². The van der Waals surface area contributed by atoms with Crippen LogP contribution in [0.4, 0.5) is 4.39 Å². The SMILES string of the molecule is CCC(=O)N1CCC(C2NOC(C3CCCC(N4CCOCC4)C3F)N2)CC1. The highest BCUT2D eigenvalue weighted by molar-refractivity contribution is 5.75. The molecule has 0 aromatic carbocycles. The van der Waals surface area contributed by atoms with Gasteiger partial charge in [-0.1, -0.05) is 13.3 Å². The molecular weight excluding hydrogens is 363 g/mol. The number of alkyl halides is 1. The van der Waals surface area contributed by atoms with Gasteiger partial charge in [0.15, 0.2) is 0 Å². The normalized spacial score (nSPS) is 38.6. The second-order valence-electron chi connectivity index (χ2n) is 8.63. The number of hydrogen-bond acceptors (Lipinski definition) is 6. The fraction of sp³-hybridized carbons (Fsp3) is 0.950. The van der Waals surface area contributed by atoms with Crippen molar-refractivity contribution in [3.8, 4) is 0 Å². The van der Waals surface area contributed by atoms with Crippen molar-refractivity contribution in [1.82, 2.24) is 20.6 Å². The van der Waals surface area contributed by atoms with Crippen molar-refractivity contribution in [2.24, 2.45) is 11.8 Å². The zero-order chi connectivity index (χ0) is 19.5. The molecule has 28 heavy (non-hydrogen) atoms. The van der Waals surface area contributed by atoms with Crippen molar-refractivity contribution in [3.63, 3.8) is 0 Å². The van der Waals surface area contributed by atoms with Crippen LogP contribution >= 0.6 is 0 Å². The summed E-state index contributed by atoms with van der Waals surface area (Å²) in [6.07, 6.45) is 4.17. The zero-order valence-electron chi connectivity index (χ0n) is 16.9. The van der Waals surface area contributed by atoms with Gasteiger partial charge in [-0.15, -0.1) is 0 Å². The maximum absolute atomic E-state index is 15.4. The standard InChI is InChI=1S/C20H35FN4O3/c1-2-17(26)25-8-6-14(7-9-25)19-22-20(28-23-19)15-4-3-5-16(18(15)21)24-10-12-27-13-11-24/h14-16,18-20,22-23H,2-13H2,1H3. The first-order valence-electron chi connectivity index (χ1n) is 11.1. The van der Waals surface area contributed by atoms with E-state index in [1.54, 1.807) is 0 Å². The van der Waals surface area contributed by atoms with Crippen molar-refractivity contribution < 1.29 is 18.8 Å². The van der Waals surface area contributed by atoms with E-state index in [9.17, 15) is 4.79 Å². The number of morpholine rings is 1. The summed E-state index contributed by atoms with van der Waals surface area (Å²) in [6, 6.07) is -0.0182. The summed E-state index contributed by atoms with van der Waals surface area (Å²) in [4.78, 5) is 21.9. The molecule has 1 saturated carbocycles. The third-order valence-electron chi connectivity index (χ3n) is 7.05. The molecule has 1 amide bonds. The molecule has 3 aliphatic heterocycles. The molecule has 4 rings (SSSR count). The number of likely N-dealkylation sites (tertiary alicyclic amines) is 1. The van der Waals surface area contributed by atoms with E-state index in [-0.39, 0.29) is 30.3 Å². The Hall–Kier alpha value is -0.800. The van der Waals surface area contributed by atoms with Crippen LogP contribution in [0.25, 0.3) is 0 Å². The van der Waals surface area contributed by atoms with Crippen LogP contribution in [0.3, 0.4) is 0 Å². The molecule has 8 heteroatoms. The lowest BCUT2D eigenvalue weighted by atomic mass is 9.81. The highest BCUT2D eigenvalue weighted by Crippen LogP contribution is 2.35. The van der Waals surface area contributed by atoms with E-state index in [2.05, 4.69) is 15.7 Å². The molecule has 160 valence electrons. The summed E-state index contributed by atoms with van der Waals surface area (Å²) in [5.74, 6) is 0.514. The van der Waals surface area contributed by atoms with Gasteiger partial charge < -0.3 is 9.64 Å². The van der Waals surface area contributed by atoms with Gasteiger partial charge in [0.2, 0.25) is 5.91 Å². The van der Waals surface area contributed by atoms with Crippen LogP contribution in [0.1, 0.15) is 45.4 Å². The fourth-order valence-electron chi connectivity index (χ4n) is 5.32. The second-order valence-corrected chi connectivity index (χ2v) is 8.63. The summed E-state index contributed by atoms with van der Waals surface area (Å²) in [5.41, 5.74) is 3.13. The number of amides is 1. The van der Waals surface area contributed by atoms with Gasteiger partial charge in [0.25, 0.3) is 0 Å². The quantitative estimate of drug-likeness (QED) is 0.743. The Balaban J connectivity index is 1.29. The molecule has 4 aliphatic rings. The number of hydrogen-bond donors (Lipinski definition) is 2. The topological polar surface area (TPSA) is 66.1 Å². The lowest BCUT2D eigenvalue weighted by molar-refractivity contribution is -0.132. The molecule has 0 radical (unpaired) electrons. The summed E-state index contributed by atoms with van der Waals surface area (Å²) in [6.45, 7) is 6.57. The lowest BCUT2D eigenvalue weighted by Gasteiger charge is -2.42. The van der Waals surface area contributed by atoms with E-state index in [0.717, 1.165) is 58.3 Å². The summed E-state index contributed by atoms with van der Waals surface area (Å²) < 4.78 is 20.9. The lowest BCUT2D eigenvalue weighted by Crippen LogP contribution is -2.55. The molecule has 0 bridgehead atoms. The van der Waals surface area contributed by atoms with Crippen molar-refractivity contribution in [2.45, 2.75) is 70.1 Å². The fourth-order valence-corrected chi connectivity index (χ4v) is 5.32. The molecule has 3 saturated heterocycles. The van der Waals surface area contributed by atoms with Crippen molar-refractivity contribution >= 4 is 5.91 Å². The summed E-state index contributed by atoms with van der Waals surface area (Å²) >= 11 is 0. The minimum atomic E-state index is -0.881. The summed E-state index contributed by atoms with van der Waals surface area (Å²) in [7, 11) is 0. The molecular formula is C20H35FN4O3. The Kier molecular flexibility index (Phi) is 6.83. The highest BCUT2D eigenvalue weighted by atomic mass is 19.1. The number of rotatable bonds is 4. The molecule has 0 spiro atoms. The van der Waals surface area contributed by atoms with E-state index in [1.165, 1.54) is 0 Å². The van der Waals surface area contributed by atoms with Gasteiger partial charge in [-0.2, -0.15) is 5.48 Å². The van der Waals surface area contributed by atoms with Crippen LogP contribution in [0.2, 0.25) is 0 Å². The molecule has 2 N–H and O–H groups in total. The predicted octanol–water partition coefficient (Wildman–Crippen LogP) is 1.25. The van der Waals surface area contributed by atoms with Crippen molar-refractivity contribution in [1.29, 1.82) is 0 Å². The average molecular weight is 399 g/mol. The van der Waals surface area contributed by atoms with E-state index in [4.69, 9.17) is 9.57 Å². The van der Waals surface area contributed by atoms with Crippen LogP contribution in [-0.4, -0.2) is 79.7 Å². The molecule has 0 aromatic heterocycles. The number of nitrogens with one attached hydrogen (secondary N) is 2. The van der Waals surface area contributed by atoms with Gasteiger partial charge in [0.1, 0.15) is 12.4 Å². The van der Waals surface area contributed by atoms with Crippen LogP contribution in [0.15, 0.2) is 0 Å². The monoisotopic (exact) mass is 398 g/mol. The van der Waals surface area contributed by atoms with E-state index in [1.807, 2.05) is 11.8 Å². The predicted molar refractivity (Wildman–Crippen MR) is 103 cm³/mol. The second kappa shape index (κ2) is 9.34. The van der Waals surface area contributed by atoms with E-state index in [0.29, 0.717) is 25.6 Å². The Bertz CT molecular complexity index is 526. The third-order valence-corrected chi connectivity index (χ3v) is 7.05.